The van der Waals surface area contributed by atoms with Gasteiger partial charge in [0.25, 0.3) is 0 Å². The van der Waals surface area contributed by atoms with Crippen molar-refractivity contribution in [3.8, 4) is 17.0 Å². The number of urea groups is 1. The topological polar surface area (TPSA) is 68.2 Å². The lowest BCUT2D eigenvalue weighted by molar-refractivity contribution is 0.262. The molecule has 0 atom stereocenters. The highest BCUT2D eigenvalue weighted by molar-refractivity contribution is 9.10. The van der Waals surface area contributed by atoms with Gasteiger partial charge in [-0.25, -0.2) is 9.78 Å². The number of hydrogen-bond donors (Lipinski definition) is 2. The number of anilines is 2. The van der Waals surface area contributed by atoms with Crippen molar-refractivity contribution in [2.75, 3.05) is 17.7 Å². The zero-order chi connectivity index (χ0) is 18.7. The van der Waals surface area contributed by atoms with Gasteiger partial charge in [-0.05, 0) is 55.0 Å². The normalized spacial score (nSPS) is 10.5. The lowest BCUT2D eigenvalue weighted by Crippen LogP contribution is -2.21. The van der Waals surface area contributed by atoms with E-state index in [1.807, 2.05) is 61.0 Å². The molecular formula is C19H19BrN4O2. The summed E-state index contributed by atoms with van der Waals surface area (Å²) in [4.78, 5) is 16.6. The molecule has 0 unspecified atom stereocenters. The van der Waals surface area contributed by atoms with Crippen molar-refractivity contribution >= 4 is 33.6 Å². The van der Waals surface area contributed by atoms with Gasteiger partial charge >= 0.3 is 6.03 Å². The Kier molecular flexibility index (Phi) is 5.27. The van der Waals surface area contributed by atoms with Crippen molar-refractivity contribution < 1.29 is 9.53 Å². The Morgan fingerprint density at radius 1 is 1.15 bits per heavy atom. The fourth-order valence-corrected chi connectivity index (χ4v) is 2.79. The smallest absolute Gasteiger partial charge is 0.326 e. The summed E-state index contributed by atoms with van der Waals surface area (Å²) in [6.07, 6.45) is 1.72. The number of imidazole rings is 1. The summed E-state index contributed by atoms with van der Waals surface area (Å²) in [5, 5.41) is 5.58. The third-order valence-corrected chi connectivity index (χ3v) is 4.90. The molecular weight excluding hydrogens is 396 g/mol. The molecule has 26 heavy (non-hydrogen) atoms. The van der Waals surface area contributed by atoms with Gasteiger partial charge in [0.2, 0.25) is 5.95 Å². The van der Waals surface area contributed by atoms with E-state index in [2.05, 4.69) is 31.5 Å². The Hall–Kier alpha value is -2.80. The molecule has 3 aromatic rings. The summed E-state index contributed by atoms with van der Waals surface area (Å²) >= 11 is 3.44. The Labute approximate surface area is 160 Å². The van der Waals surface area contributed by atoms with E-state index < -0.39 is 0 Å². The molecule has 0 aliphatic carbocycles. The molecule has 0 saturated carbocycles. The number of benzene rings is 2. The Morgan fingerprint density at radius 3 is 2.54 bits per heavy atom. The van der Waals surface area contributed by atoms with Crippen LogP contribution >= 0.6 is 15.9 Å². The van der Waals surface area contributed by atoms with Crippen LogP contribution in [0.1, 0.15) is 5.56 Å². The molecule has 2 N–H and O–H groups in total. The van der Waals surface area contributed by atoms with E-state index in [9.17, 15) is 4.79 Å². The van der Waals surface area contributed by atoms with Crippen molar-refractivity contribution in [1.82, 2.24) is 9.55 Å². The van der Waals surface area contributed by atoms with Crippen molar-refractivity contribution in [3.63, 3.8) is 0 Å². The van der Waals surface area contributed by atoms with Crippen molar-refractivity contribution in [2.45, 2.75) is 6.92 Å². The number of rotatable bonds is 4. The molecule has 0 bridgehead atoms. The van der Waals surface area contributed by atoms with Gasteiger partial charge in [0, 0.05) is 22.8 Å². The molecule has 7 heteroatoms. The molecule has 0 saturated heterocycles. The minimum atomic E-state index is -0.346. The number of hydrogen-bond acceptors (Lipinski definition) is 3. The monoisotopic (exact) mass is 414 g/mol. The quantitative estimate of drug-likeness (QED) is 0.643. The number of methoxy groups -OCH3 is 1. The number of carbonyl (C=O) groups excluding carboxylic acids is 1. The van der Waals surface area contributed by atoms with Gasteiger partial charge in [-0.3, -0.25) is 5.32 Å². The molecule has 1 heterocycles. The minimum absolute atomic E-state index is 0.346. The summed E-state index contributed by atoms with van der Waals surface area (Å²) in [7, 11) is 3.48. The lowest BCUT2D eigenvalue weighted by atomic mass is 10.1. The van der Waals surface area contributed by atoms with E-state index in [0.29, 0.717) is 11.6 Å². The zero-order valence-electron chi connectivity index (χ0n) is 14.7. The van der Waals surface area contributed by atoms with Gasteiger partial charge < -0.3 is 14.6 Å². The average Bonchev–Trinajstić information content (AvgIpc) is 2.99. The first kappa shape index (κ1) is 18.0. The predicted molar refractivity (Wildman–Crippen MR) is 107 cm³/mol. The van der Waals surface area contributed by atoms with Gasteiger partial charge in [-0.1, -0.05) is 15.9 Å². The third kappa shape index (κ3) is 3.88. The van der Waals surface area contributed by atoms with E-state index in [0.717, 1.165) is 27.0 Å². The summed E-state index contributed by atoms with van der Waals surface area (Å²) in [6.45, 7) is 1.97. The van der Waals surface area contributed by atoms with E-state index in [4.69, 9.17) is 4.74 Å². The number of nitrogens with zero attached hydrogens (tertiary/aromatic N) is 2. The summed E-state index contributed by atoms with van der Waals surface area (Å²) in [5.74, 6) is 1.25. The maximum atomic E-state index is 12.3. The van der Waals surface area contributed by atoms with Crippen LogP contribution in [-0.4, -0.2) is 22.7 Å². The zero-order valence-corrected chi connectivity index (χ0v) is 16.3. The number of carbonyl (C=O) groups is 1. The molecule has 1 aromatic heterocycles. The molecule has 0 aliphatic rings. The maximum absolute atomic E-state index is 12.3. The summed E-state index contributed by atoms with van der Waals surface area (Å²) < 4.78 is 8.00. The molecule has 2 amide bonds. The van der Waals surface area contributed by atoms with E-state index in [1.165, 1.54) is 0 Å². The van der Waals surface area contributed by atoms with Crippen LogP contribution in [0.5, 0.6) is 5.75 Å². The molecule has 0 spiro atoms. The van der Waals surface area contributed by atoms with Gasteiger partial charge in [0.1, 0.15) is 5.75 Å². The molecule has 6 nitrogen and oxygen atoms in total. The largest absolute Gasteiger partial charge is 0.497 e. The summed E-state index contributed by atoms with van der Waals surface area (Å²) in [6, 6.07) is 12.9. The van der Waals surface area contributed by atoms with Crippen molar-refractivity contribution in [1.29, 1.82) is 0 Å². The number of amides is 2. The van der Waals surface area contributed by atoms with E-state index in [1.54, 1.807) is 13.3 Å². The van der Waals surface area contributed by atoms with Crippen LogP contribution in [0.4, 0.5) is 16.4 Å². The van der Waals surface area contributed by atoms with Crippen LogP contribution in [0.3, 0.4) is 0 Å². The Balaban J connectivity index is 1.72. The average molecular weight is 415 g/mol. The van der Waals surface area contributed by atoms with Crippen molar-refractivity contribution in [3.05, 3.63) is 58.7 Å². The van der Waals surface area contributed by atoms with E-state index >= 15 is 0 Å². The van der Waals surface area contributed by atoms with Gasteiger partial charge in [-0.15, -0.1) is 0 Å². The highest BCUT2D eigenvalue weighted by atomic mass is 79.9. The highest BCUT2D eigenvalue weighted by Crippen LogP contribution is 2.24. The minimum Gasteiger partial charge on any atom is -0.497 e. The van der Waals surface area contributed by atoms with Gasteiger partial charge in [0.05, 0.1) is 19.0 Å². The SMILES string of the molecule is COc1ccc(-c2cnc(NC(=O)Nc3ccc(Br)c(C)c3)n2C)cc1. The van der Waals surface area contributed by atoms with E-state index in [-0.39, 0.29) is 6.03 Å². The predicted octanol–water partition coefficient (Wildman–Crippen LogP) is 4.81. The van der Waals surface area contributed by atoms with Crippen LogP contribution in [0, 0.1) is 6.92 Å². The van der Waals surface area contributed by atoms with Crippen LogP contribution in [0.2, 0.25) is 0 Å². The molecule has 0 radical (unpaired) electrons. The summed E-state index contributed by atoms with van der Waals surface area (Å²) in [5.41, 5.74) is 3.63. The lowest BCUT2D eigenvalue weighted by Gasteiger charge is -2.10. The molecule has 134 valence electrons. The fourth-order valence-electron chi connectivity index (χ4n) is 2.54. The first-order valence-electron chi connectivity index (χ1n) is 7.98. The van der Waals surface area contributed by atoms with Crippen LogP contribution in [0.15, 0.2) is 53.1 Å². The third-order valence-electron chi connectivity index (χ3n) is 4.02. The number of aromatic nitrogens is 2. The Bertz CT molecular complexity index is 935. The molecule has 0 aliphatic heterocycles. The molecule has 2 aromatic carbocycles. The number of halogens is 1. The second kappa shape index (κ2) is 7.61. The fraction of sp³-hybridized carbons (Fsp3) is 0.158. The first-order valence-corrected chi connectivity index (χ1v) is 8.77. The highest BCUT2D eigenvalue weighted by Gasteiger charge is 2.12. The molecule has 0 fully saturated rings. The van der Waals surface area contributed by atoms with Crippen LogP contribution in [-0.2, 0) is 7.05 Å². The van der Waals surface area contributed by atoms with Gasteiger partial charge in [0.15, 0.2) is 0 Å². The van der Waals surface area contributed by atoms with Crippen LogP contribution in [0.25, 0.3) is 11.3 Å². The number of nitrogens with one attached hydrogen (secondary N) is 2. The standard InChI is InChI=1S/C19H19BrN4O2/c1-12-10-14(6-9-16(12)20)22-19(25)23-18-21-11-17(24(18)2)13-4-7-15(26-3)8-5-13/h4-11H,1-3H3,(H2,21,22,23,25). The van der Waals surface area contributed by atoms with Crippen molar-refractivity contribution in [2.24, 2.45) is 7.05 Å². The number of aryl methyl sites for hydroxylation is 1. The number of ether oxygens (including phenoxy) is 1. The maximum Gasteiger partial charge on any atom is 0.326 e. The Morgan fingerprint density at radius 2 is 1.88 bits per heavy atom. The van der Waals surface area contributed by atoms with Crippen LogP contribution < -0.4 is 15.4 Å². The second-order valence-corrected chi connectivity index (χ2v) is 6.65. The first-order chi connectivity index (χ1) is 12.5. The van der Waals surface area contributed by atoms with Gasteiger partial charge in [-0.2, -0.15) is 0 Å². The molecule has 3 rings (SSSR count). The second-order valence-electron chi connectivity index (χ2n) is 5.80.